The summed E-state index contributed by atoms with van der Waals surface area (Å²) in [5, 5.41) is 101. The molecule has 0 saturated carbocycles. The highest BCUT2D eigenvalue weighted by molar-refractivity contribution is 6.22. The first kappa shape index (κ1) is 28.1. The average Bonchev–Trinajstić information content (AvgIpc) is 2.98. The van der Waals surface area contributed by atoms with E-state index in [2.05, 4.69) is 0 Å². The molecule has 6 aromatic rings. The van der Waals surface area contributed by atoms with Crippen LogP contribution in [0.15, 0.2) is 42.7 Å². The number of carbonyl (C=O) groups excluding carboxylic acids is 1. The van der Waals surface area contributed by atoms with Gasteiger partial charge in [-0.3, -0.25) is 0 Å². The van der Waals surface area contributed by atoms with Crippen molar-refractivity contribution in [2.75, 3.05) is 0 Å². The van der Waals surface area contributed by atoms with E-state index in [0.29, 0.717) is 12.1 Å². The van der Waals surface area contributed by atoms with Gasteiger partial charge in [0.2, 0.25) is 23.0 Å². The number of carbonyl (C=O) groups is 2. The van der Waals surface area contributed by atoms with Crippen LogP contribution in [0, 0.1) is 0 Å². The maximum atomic E-state index is 13.6. The van der Waals surface area contributed by atoms with Gasteiger partial charge in [-0.2, -0.15) is 0 Å². The van der Waals surface area contributed by atoms with E-state index < -0.39 is 125 Å². The van der Waals surface area contributed by atoms with Crippen LogP contribution >= 0.6 is 0 Å². The van der Waals surface area contributed by atoms with E-state index in [4.69, 9.17) is 13.6 Å². The maximum Gasteiger partial charge on any atom is 0.344 e. The number of aromatic hydroxyl groups is 9. The van der Waals surface area contributed by atoms with Crippen LogP contribution in [-0.4, -0.2) is 63.0 Å². The molecule has 0 spiro atoms. The summed E-state index contributed by atoms with van der Waals surface area (Å²) in [6, 6.07) is 2.42. The Balaban J connectivity index is 1.65. The van der Waals surface area contributed by atoms with Crippen molar-refractivity contribution in [2.24, 2.45) is 0 Å². The van der Waals surface area contributed by atoms with Gasteiger partial charge in [-0.05, 0) is 24.3 Å². The highest BCUT2D eigenvalue weighted by Crippen LogP contribution is 2.53. The first-order valence-corrected chi connectivity index (χ1v) is 12.1. The van der Waals surface area contributed by atoms with Crippen molar-refractivity contribution in [1.29, 1.82) is 0 Å². The number of rotatable bonds is 4. The summed E-state index contributed by atoms with van der Waals surface area (Å²) >= 11 is 0. The molecule has 228 valence electrons. The zero-order valence-corrected chi connectivity index (χ0v) is 21.6. The number of carboxylic acids is 1. The lowest BCUT2D eigenvalue weighted by atomic mass is 9.92. The van der Waals surface area contributed by atoms with Gasteiger partial charge < -0.3 is 64.6 Å². The van der Waals surface area contributed by atoms with E-state index in [9.17, 15) is 70.2 Å². The maximum absolute atomic E-state index is 13.6. The molecule has 0 unspecified atom stereocenters. The van der Waals surface area contributed by atoms with Gasteiger partial charge in [-0.25, -0.2) is 19.2 Å². The lowest BCUT2D eigenvalue weighted by Crippen LogP contribution is -2.13. The van der Waals surface area contributed by atoms with E-state index in [1.807, 2.05) is 0 Å². The molecule has 0 aliphatic rings. The van der Waals surface area contributed by atoms with Crippen molar-refractivity contribution in [3.8, 4) is 68.6 Å². The third-order valence-electron chi connectivity index (χ3n) is 6.93. The molecule has 2 heterocycles. The molecular formula is C28H14O17. The van der Waals surface area contributed by atoms with Crippen LogP contribution in [0.2, 0.25) is 0 Å². The molecule has 0 fully saturated rings. The largest absolute Gasteiger partial charge is 0.504 e. The predicted molar refractivity (Wildman–Crippen MR) is 146 cm³/mol. The van der Waals surface area contributed by atoms with Crippen molar-refractivity contribution in [1.82, 2.24) is 0 Å². The summed E-state index contributed by atoms with van der Waals surface area (Å²) in [7, 11) is 0. The summed E-state index contributed by atoms with van der Waals surface area (Å²) in [5.41, 5.74) is -8.03. The van der Waals surface area contributed by atoms with E-state index in [0.717, 1.165) is 12.1 Å². The molecule has 0 amide bonds. The Morgan fingerprint density at radius 1 is 0.556 bits per heavy atom. The number of hydrogen-bond donors (Lipinski definition) is 10. The Kier molecular flexibility index (Phi) is 5.76. The van der Waals surface area contributed by atoms with E-state index >= 15 is 0 Å². The number of ether oxygens (including phenoxy) is 1. The van der Waals surface area contributed by atoms with Crippen LogP contribution in [0.25, 0.3) is 43.8 Å². The first-order chi connectivity index (χ1) is 21.1. The van der Waals surface area contributed by atoms with E-state index in [1.54, 1.807) is 0 Å². The van der Waals surface area contributed by atoms with Gasteiger partial charge in [0.05, 0.1) is 21.9 Å². The smallest absolute Gasteiger partial charge is 0.344 e. The minimum Gasteiger partial charge on any atom is -0.504 e. The molecule has 0 atom stereocenters. The molecule has 17 nitrogen and oxygen atoms in total. The Hall–Kier alpha value is -7.04. The quantitative estimate of drug-likeness (QED) is 0.0443. The standard InChI is InChI=1S/C28H14O17/c29-9-1-5(25(38)39)13(20(36)17(9)33)14-6(2-10(30)18(34)21(14)37)26(40)43-22-12(32)4-8-16-15-7(28(42)45-24(16)22)3-11(31)19(35)23(15)44-27(8)41/h1-4,29-37H,(H,38,39). The number of phenolic OH excluding ortho intramolecular Hbond substituents is 9. The van der Waals surface area contributed by atoms with Crippen LogP contribution in [-0.2, 0) is 0 Å². The number of esters is 1. The van der Waals surface area contributed by atoms with Crippen molar-refractivity contribution in [3.05, 3.63) is 56.2 Å². The lowest BCUT2D eigenvalue weighted by molar-refractivity contribution is 0.0692. The second kappa shape index (κ2) is 9.23. The molecule has 0 aliphatic heterocycles. The first-order valence-electron chi connectivity index (χ1n) is 12.1. The van der Waals surface area contributed by atoms with Gasteiger partial charge >= 0.3 is 23.2 Å². The minimum atomic E-state index is -1.87. The molecule has 0 bridgehead atoms. The van der Waals surface area contributed by atoms with Crippen molar-refractivity contribution in [3.63, 3.8) is 0 Å². The van der Waals surface area contributed by atoms with Gasteiger partial charge in [0.15, 0.2) is 45.7 Å². The molecular weight excluding hydrogens is 608 g/mol. The fourth-order valence-corrected chi connectivity index (χ4v) is 4.94. The highest BCUT2D eigenvalue weighted by Gasteiger charge is 2.33. The van der Waals surface area contributed by atoms with Crippen LogP contribution in [0.5, 0.6) is 57.5 Å². The second-order valence-electron chi connectivity index (χ2n) is 9.48. The third kappa shape index (κ3) is 3.80. The number of phenols is 9. The summed E-state index contributed by atoms with van der Waals surface area (Å²) in [6.45, 7) is 0. The molecule has 0 saturated heterocycles. The molecule has 4 aromatic carbocycles. The lowest BCUT2D eigenvalue weighted by Gasteiger charge is -2.18. The number of hydrogen-bond acceptors (Lipinski definition) is 16. The van der Waals surface area contributed by atoms with Crippen molar-refractivity contribution in [2.45, 2.75) is 0 Å². The summed E-state index contributed by atoms with van der Waals surface area (Å²) < 4.78 is 15.5. The van der Waals surface area contributed by atoms with Crippen LogP contribution in [0.1, 0.15) is 20.7 Å². The zero-order valence-electron chi connectivity index (χ0n) is 21.6. The summed E-state index contributed by atoms with van der Waals surface area (Å²) in [6.07, 6.45) is 0. The molecule has 0 aliphatic carbocycles. The van der Waals surface area contributed by atoms with E-state index in [1.165, 1.54) is 0 Å². The zero-order chi connectivity index (χ0) is 32.8. The number of benzene rings is 4. The Labute approximate surface area is 244 Å². The van der Waals surface area contributed by atoms with Crippen LogP contribution in [0.3, 0.4) is 0 Å². The fourth-order valence-electron chi connectivity index (χ4n) is 4.94. The fraction of sp³-hybridized carbons (Fsp3) is 0. The SMILES string of the molecule is O=C(O)c1cc(O)c(O)c(O)c1-c1c(C(=O)Oc2c(O)cc3c(=O)oc4c(O)c(O)cc5c(=O)oc2c3c45)cc(O)c(O)c1O. The summed E-state index contributed by atoms with van der Waals surface area (Å²) in [4.78, 5) is 51.1. The van der Waals surface area contributed by atoms with Crippen molar-refractivity contribution < 1.29 is 74.2 Å². The third-order valence-corrected chi connectivity index (χ3v) is 6.93. The van der Waals surface area contributed by atoms with Gasteiger partial charge in [0.1, 0.15) is 0 Å². The summed E-state index contributed by atoms with van der Waals surface area (Å²) in [5.74, 6) is -15.1. The molecule has 45 heavy (non-hydrogen) atoms. The normalized spacial score (nSPS) is 11.5. The topological polar surface area (TPSA) is 306 Å². The Morgan fingerprint density at radius 3 is 1.56 bits per heavy atom. The molecule has 2 aromatic heterocycles. The van der Waals surface area contributed by atoms with Gasteiger partial charge in [0.25, 0.3) is 0 Å². The number of aromatic carboxylic acids is 1. The van der Waals surface area contributed by atoms with Gasteiger partial charge in [-0.1, -0.05) is 0 Å². The van der Waals surface area contributed by atoms with Crippen molar-refractivity contribution >= 4 is 44.6 Å². The Morgan fingerprint density at radius 2 is 1.00 bits per heavy atom. The second-order valence-corrected chi connectivity index (χ2v) is 9.48. The minimum absolute atomic E-state index is 0.292. The molecule has 0 radical (unpaired) electrons. The van der Waals surface area contributed by atoms with Crippen LogP contribution < -0.4 is 16.0 Å². The monoisotopic (exact) mass is 622 g/mol. The predicted octanol–water partition coefficient (Wildman–Crippen LogP) is 2.43. The van der Waals surface area contributed by atoms with Gasteiger partial charge in [-0.15, -0.1) is 0 Å². The molecule has 6 rings (SSSR count). The molecule has 17 heteroatoms. The average molecular weight is 622 g/mol. The van der Waals surface area contributed by atoms with Gasteiger partial charge in [0, 0.05) is 21.9 Å². The highest BCUT2D eigenvalue weighted by atomic mass is 16.5. The molecule has 10 N–H and O–H groups in total. The number of carboxylic acid groups (broad SMARTS) is 1. The Bertz CT molecular complexity index is 2430. The van der Waals surface area contributed by atoms with Crippen LogP contribution in [0.4, 0.5) is 0 Å². The van der Waals surface area contributed by atoms with E-state index in [-0.39, 0.29) is 10.8 Å².